The number of ether oxygens (including phenoxy) is 2. The van der Waals surface area contributed by atoms with Crippen LogP contribution in [0.2, 0.25) is 10.0 Å². The molecular formula is C23H24Cl2N2O6S. The summed E-state index contributed by atoms with van der Waals surface area (Å²) >= 11 is 12.2. The second-order valence-corrected chi connectivity index (χ2v) is 11.0. The fourth-order valence-electron chi connectivity index (χ4n) is 4.35. The maximum Gasteiger partial charge on any atom is 0.410 e. The van der Waals surface area contributed by atoms with Crippen LogP contribution in [0.1, 0.15) is 24.0 Å². The molecule has 0 aliphatic carbocycles. The molecule has 0 bridgehead atoms. The molecule has 0 radical (unpaired) electrons. The zero-order valence-electron chi connectivity index (χ0n) is 18.4. The van der Waals surface area contributed by atoms with Crippen LogP contribution in [0.3, 0.4) is 0 Å². The number of hydrogen-bond donors (Lipinski definition) is 0. The van der Waals surface area contributed by atoms with Crippen molar-refractivity contribution in [1.82, 2.24) is 9.21 Å². The van der Waals surface area contributed by atoms with Crippen molar-refractivity contribution in [2.45, 2.75) is 43.4 Å². The number of carbonyl (C=O) groups excluding carboxylic acids is 2. The van der Waals surface area contributed by atoms with Crippen molar-refractivity contribution in [3.05, 3.63) is 63.6 Å². The van der Waals surface area contributed by atoms with E-state index in [2.05, 4.69) is 0 Å². The maximum atomic E-state index is 13.2. The van der Waals surface area contributed by atoms with Crippen LogP contribution in [-0.4, -0.2) is 61.5 Å². The monoisotopic (exact) mass is 526 g/mol. The van der Waals surface area contributed by atoms with E-state index >= 15 is 0 Å². The summed E-state index contributed by atoms with van der Waals surface area (Å²) in [6, 6.07) is 11.0. The minimum Gasteiger partial charge on any atom is -0.459 e. The zero-order chi connectivity index (χ0) is 24.5. The smallest absolute Gasteiger partial charge is 0.410 e. The van der Waals surface area contributed by atoms with Crippen molar-refractivity contribution in [2.24, 2.45) is 0 Å². The van der Waals surface area contributed by atoms with Crippen LogP contribution in [-0.2, 0) is 30.9 Å². The summed E-state index contributed by atoms with van der Waals surface area (Å²) < 4.78 is 38.4. The Kier molecular flexibility index (Phi) is 7.37. The van der Waals surface area contributed by atoms with Crippen molar-refractivity contribution in [2.75, 3.05) is 19.7 Å². The molecule has 2 saturated heterocycles. The van der Waals surface area contributed by atoms with E-state index in [0.29, 0.717) is 23.4 Å². The predicted octanol–water partition coefficient (Wildman–Crippen LogP) is 4.02. The normalized spacial score (nSPS) is 19.8. The lowest BCUT2D eigenvalue weighted by Gasteiger charge is -2.36. The Hall–Kier alpha value is -2.33. The number of piperidine rings is 1. The third-order valence-corrected chi connectivity index (χ3v) is 8.75. The molecule has 2 fully saturated rings. The van der Waals surface area contributed by atoms with E-state index in [-0.39, 0.29) is 42.3 Å². The Morgan fingerprint density at radius 3 is 2.47 bits per heavy atom. The van der Waals surface area contributed by atoms with Gasteiger partial charge in [0.05, 0.1) is 5.02 Å². The van der Waals surface area contributed by atoms with Crippen molar-refractivity contribution >= 4 is 45.3 Å². The van der Waals surface area contributed by atoms with E-state index < -0.39 is 28.1 Å². The van der Waals surface area contributed by atoms with Crippen molar-refractivity contribution < 1.29 is 27.5 Å². The Bertz CT molecular complexity index is 1160. The van der Waals surface area contributed by atoms with Gasteiger partial charge in [0.1, 0.15) is 18.1 Å². The maximum absolute atomic E-state index is 13.2. The molecule has 1 atom stereocenters. The van der Waals surface area contributed by atoms with Gasteiger partial charge >= 0.3 is 12.1 Å². The van der Waals surface area contributed by atoms with Crippen molar-refractivity contribution in [3.8, 4) is 0 Å². The molecule has 34 heavy (non-hydrogen) atoms. The molecular weight excluding hydrogens is 503 g/mol. The Morgan fingerprint density at radius 1 is 1.15 bits per heavy atom. The number of cyclic esters (lactones) is 1. The summed E-state index contributed by atoms with van der Waals surface area (Å²) in [5, 5.41) is 0.425. The van der Waals surface area contributed by atoms with Crippen LogP contribution in [0.15, 0.2) is 47.4 Å². The van der Waals surface area contributed by atoms with E-state index in [1.165, 1.54) is 15.3 Å². The van der Waals surface area contributed by atoms with Gasteiger partial charge in [-0.25, -0.2) is 18.0 Å². The van der Waals surface area contributed by atoms with E-state index in [9.17, 15) is 18.0 Å². The number of aryl methyl sites for hydroxylation is 1. The number of sulfonamides is 1. The molecule has 2 aliphatic heterocycles. The summed E-state index contributed by atoms with van der Waals surface area (Å²) in [5.41, 5.74) is 1.30. The Balaban J connectivity index is 1.42. The third kappa shape index (κ3) is 5.02. The molecule has 2 aliphatic rings. The van der Waals surface area contributed by atoms with Crippen LogP contribution >= 0.6 is 23.2 Å². The number of esters is 1. The largest absolute Gasteiger partial charge is 0.459 e. The van der Waals surface area contributed by atoms with E-state index in [0.717, 1.165) is 5.56 Å². The molecule has 2 heterocycles. The average molecular weight is 527 g/mol. The zero-order valence-corrected chi connectivity index (χ0v) is 20.8. The summed E-state index contributed by atoms with van der Waals surface area (Å²) in [4.78, 5) is 26.5. The van der Waals surface area contributed by atoms with Gasteiger partial charge in [0.15, 0.2) is 6.04 Å². The van der Waals surface area contributed by atoms with Crippen LogP contribution in [0.4, 0.5) is 4.79 Å². The minimum absolute atomic E-state index is 0.0277. The quantitative estimate of drug-likeness (QED) is 0.527. The van der Waals surface area contributed by atoms with Crippen molar-refractivity contribution in [3.63, 3.8) is 0 Å². The lowest BCUT2D eigenvalue weighted by Crippen LogP contribution is -2.52. The standard InChI is InChI=1S/C23H24Cl2N2O6S/c1-15-11-17(24)12-19(25)21(15)34(30,31)26-9-7-18(8-10-26)27-20(14-33-23(27)29)22(28)32-13-16-5-3-2-4-6-16/h2-6,11-12,18,20H,7-10,13-14H2,1H3. The van der Waals surface area contributed by atoms with Crippen LogP contribution in [0.5, 0.6) is 0 Å². The van der Waals surface area contributed by atoms with E-state index in [4.69, 9.17) is 32.7 Å². The average Bonchev–Trinajstić information content (AvgIpc) is 3.19. The number of nitrogens with zero attached hydrogens (tertiary/aromatic N) is 2. The number of halogens is 2. The highest BCUT2D eigenvalue weighted by Gasteiger charge is 2.45. The molecule has 0 N–H and O–H groups in total. The van der Waals surface area contributed by atoms with Gasteiger partial charge in [0.25, 0.3) is 0 Å². The topological polar surface area (TPSA) is 93.2 Å². The summed E-state index contributed by atoms with van der Waals surface area (Å²) in [6.45, 7) is 1.98. The van der Waals surface area contributed by atoms with Crippen LogP contribution < -0.4 is 0 Å². The van der Waals surface area contributed by atoms with Gasteiger partial charge in [-0.15, -0.1) is 0 Å². The highest BCUT2D eigenvalue weighted by Crippen LogP contribution is 2.33. The minimum atomic E-state index is -3.85. The predicted molar refractivity (Wildman–Crippen MR) is 126 cm³/mol. The lowest BCUT2D eigenvalue weighted by atomic mass is 10.0. The molecule has 11 heteroatoms. The van der Waals surface area contributed by atoms with Crippen molar-refractivity contribution in [1.29, 1.82) is 0 Å². The number of hydrogen-bond acceptors (Lipinski definition) is 6. The van der Waals surface area contributed by atoms with E-state index in [1.807, 2.05) is 30.3 Å². The molecule has 8 nitrogen and oxygen atoms in total. The van der Waals surface area contributed by atoms with Crippen LogP contribution in [0.25, 0.3) is 0 Å². The molecule has 182 valence electrons. The molecule has 1 unspecified atom stereocenters. The molecule has 2 aromatic carbocycles. The second kappa shape index (κ2) is 10.1. The number of benzene rings is 2. The van der Waals surface area contributed by atoms with E-state index in [1.54, 1.807) is 13.0 Å². The Morgan fingerprint density at radius 2 is 1.82 bits per heavy atom. The third-order valence-electron chi connectivity index (χ3n) is 6.02. The summed E-state index contributed by atoms with van der Waals surface area (Å²) in [5.74, 6) is -0.548. The SMILES string of the molecule is Cc1cc(Cl)cc(Cl)c1S(=O)(=O)N1CCC(N2C(=O)OCC2C(=O)OCc2ccccc2)CC1. The van der Waals surface area contributed by atoms with Gasteiger partial charge in [-0.2, -0.15) is 4.31 Å². The molecule has 4 rings (SSSR count). The molecule has 2 aromatic rings. The number of rotatable bonds is 6. The van der Waals surface area contributed by atoms with Gasteiger partial charge in [-0.3, -0.25) is 4.90 Å². The first kappa shape index (κ1) is 24.8. The lowest BCUT2D eigenvalue weighted by molar-refractivity contribution is -0.150. The Labute approximate surface area is 208 Å². The van der Waals surface area contributed by atoms with Gasteiger partial charge in [0, 0.05) is 24.2 Å². The van der Waals surface area contributed by atoms with Gasteiger partial charge in [0.2, 0.25) is 10.0 Å². The van der Waals surface area contributed by atoms with Gasteiger partial charge in [-0.05, 0) is 43.0 Å². The first-order valence-corrected chi connectivity index (χ1v) is 13.0. The second-order valence-electron chi connectivity index (χ2n) is 8.26. The van der Waals surface area contributed by atoms with Crippen LogP contribution in [0, 0.1) is 6.92 Å². The molecule has 0 saturated carbocycles. The number of carbonyl (C=O) groups is 2. The fourth-order valence-corrected chi connectivity index (χ4v) is 6.96. The number of amides is 1. The first-order valence-electron chi connectivity index (χ1n) is 10.8. The highest BCUT2D eigenvalue weighted by molar-refractivity contribution is 7.89. The first-order chi connectivity index (χ1) is 16.2. The van der Waals surface area contributed by atoms with Gasteiger partial charge in [-0.1, -0.05) is 53.5 Å². The fraction of sp³-hybridized carbons (Fsp3) is 0.391. The summed E-state index contributed by atoms with van der Waals surface area (Å²) in [6.07, 6.45) is 0.0989. The molecule has 1 amide bonds. The molecule has 0 aromatic heterocycles. The molecule has 0 spiro atoms. The highest BCUT2D eigenvalue weighted by atomic mass is 35.5. The van der Waals surface area contributed by atoms with Gasteiger partial charge < -0.3 is 9.47 Å². The summed E-state index contributed by atoms with van der Waals surface area (Å²) in [7, 11) is -3.85.